The van der Waals surface area contributed by atoms with Crippen LogP contribution in [0.1, 0.15) is 0 Å². The fraction of sp³-hybridized carbons (Fsp3) is 0.143. The number of phenolic OH excluding ortho intramolecular Hbond substituents is 1. The van der Waals surface area contributed by atoms with E-state index in [-0.39, 0.29) is 11.4 Å². The van der Waals surface area contributed by atoms with Crippen LogP contribution in [0.5, 0.6) is 11.5 Å². The summed E-state index contributed by atoms with van der Waals surface area (Å²) in [5.74, 6) is 0.0281. The van der Waals surface area contributed by atoms with Crippen LogP contribution in [0, 0.1) is 13.7 Å². The predicted molar refractivity (Wildman–Crippen MR) is 54.0 cm³/mol. The molecule has 0 aromatic heterocycles. The lowest BCUT2D eigenvalue weighted by atomic mass is 10.3. The molecule has 0 aliphatic heterocycles. The third-order valence-corrected chi connectivity index (χ3v) is 2.29. The fourth-order valence-corrected chi connectivity index (χ4v) is 1.51. The van der Waals surface area contributed by atoms with Crippen LogP contribution in [-0.4, -0.2) is 17.1 Å². The Balaban J connectivity index is 3.30. The Labute approximate surface area is 87.6 Å². The number of nitro groups is 1. The zero-order chi connectivity index (χ0) is 10.0. The number of nitro benzene ring substituents is 1. The van der Waals surface area contributed by atoms with Crippen molar-refractivity contribution >= 4 is 28.3 Å². The van der Waals surface area contributed by atoms with E-state index in [4.69, 9.17) is 4.74 Å². The van der Waals surface area contributed by atoms with E-state index < -0.39 is 4.92 Å². The van der Waals surface area contributed by atoms with Gasteiger partial charge in [-0.15, -0.1) is 0 Å². The molecular formula is C7H6INO4. The van der Waals surface area contributed by atoms with E-state index >= 15 is 0 Å². The van der Waals surface area contributed by atoms with E-state index in [0.717, 1.165) is 0 Å². The minimum atomic E-state index is -0.659. The molecular weight excluding hydrogens is 289 g/mol. The van der Waals surface area contributed by atoms with Crippen LogP contribution in [0.4, 0.5) is 5.69 Å². The maximum Gasteiger partial charge on any atom is 0.314 e. The summed E-state index contributed by atoms with van der Waals surface area (Å²) in [6, 6.07) is 2.48. The Kier molecular flexibility index (Phi) is 2.91. The standard InChI is InChI=1S/C7H6INO4/c1-13-7-3-5(9(11)12)6(10)2-4(7)8/h2-3,10H,1H3. The molecule has 0 heterocycles. The van der Waals surface area contributed by atoms with Crippen LogP contribution in [-0.2, 0) is 0 Å². The smallest absolute Gasteiger partial charge is 0.314 e. The quantitative estimate of drug-likeness (QED) is 0.514. The highest BCUT2D eigenvalue weighted by Crippen LogP contribution is 2.33. The average molecular weight is 295 g/mol. The number of hydrogen-bond acceptors (Lipinski definition) is 4. The monoisotopic (exact) mass is 295 g/mol. The second-order valence-corrected chi connectivity index (χ2v) is 3.39. The van der Waals surface area contributed by atoms with Crippen molar-refractivity contribution < 1.29 is 14.8 Å². The van der Waals surface area contributed by atoms with Crippen molar-refractivity contribution in [1.82, 2.24) is 0 Å². The van der Waals surface area contributed by atoms with E-state index in [1.807, 2.05) is 22.6 Å². The van der Waals surface area contributed by atoms with Gasteiger partial charge >= 0.3 is 5.69 Å². The number of methoxy groups -OCH3 is 1. The first-order valence-corrected chi connectivity index (χ1v) is 4.35. The van der Waals surface area contributed by atoms with Gasteiger partial charge in [0.2, 0.25) is 0 Å². The van der Waals surface area contributed by atoms with Gasteiger partial charge in [0.05, 0.1) is 21.7 Å². The Morgan fingerprint density at radius 2 is 2.23 bits per heavy atom. The summed E-state index contributed by atoms with van der Waals surface area (Å²) in [7, 11) is 1.41. The highest BCUT2D eigenvalue weighted by atomic mass is 127. The predicted octanol–water partition coefficient (Wildman–Crippen LogP) is 1.91. The van der Waals surface area contributed by atoms with Crippen molar-refractivity contribution in [3.05, 3.63) is 25.8 Å². The molecule has 0 saturated heterocycles. The zero-order valence-electron chi connectivity index (χ0n) is 6.65. The van der Waals surface area contributed by atoms with Gasteiger partial charge in [0, 0.05) is 6.07 Å². The summed E-state index contributed by atoms with van der Waals surface area (Å²) in [6.07, 6.45) is 0. The molecule has 0 bridgehead atoms. The number of nitrogens with zero attached hydrogens (tertiary/aromatic N) is 1. The van der Waals surface area contributed by atoms with Gasteiger partial charge in [0.15, 0.2) is 5.75 Å². The normalized spacial score (nSPS) is 9.69. The lowest BCUT2D eigenvalue weighted by Crippen LogP contribution is -1.92. The van der Waals surface area contributed by atoms with Crippen molar-refractivity contribution in [1.29, 1.82) is 0 Å². The maximum atomic E-state index is 10.4. The first kappa shape index (κ1) is 10.0. The van der Waals surface area contributed by atoms with Crippen molar-refractivity contribution in [2.45, 2.75) is 0 Å². The van der Waals surface area contributed by atoms with E-state index in [1.54, 1.807) is 0 Å². The molecule has 1 aromatic rings. The van der Waals surface area contributed by atoms with Crippen molar-refractivity contribution in [3.63, 3.8) is 0 Å². The van der Waals surface area contributed by atoms with Gasteiger partial charge in [-0.3, -0.25) is 10.1 Å². The largest absolute Gasteiger partial charge is 0.502 e. The third-order valence-electron chi connectivity index (χ3n) is 1.45. The summed E-state index contributed by atoms with van der Waals surface area (Å²) >= 11 is 1.92. The molecule has 0 unspecified atom stereocenters. The Bertz CT molecular complexity index is 353. The van der Waals surface area contributed by atoms with Crippen LogP contribution in [0.15, 0.2) is 12.1 Å². The maximum absolute atomic E-state index is 10.4. The number of benzene rings is 1. The minimum Gasteiger partial charge on any atom is -0.502 e. The molecule has 13 heavy (non-hydrogen) atoms. The SMILES string of the molecule is COc1cc([N+](=O)[O-])c(O)cc1I. The minimum absolute atomic E-state index is 0.350. The summed E-state index contributed by atoms with van der Waals surface area (Å²) in [5, 5.41) is 19.6. The number of phenols is 1. The lowest BCUT2D eigenvalue weighted by Gasteiger charge is -2.03. The van der Waals surface area contributed by atoms with Crippen LogP contribution in [0.3, 0.4) is 0 Å². The molecule has 1 rings (SSSR count). The van der Waals surface area contributed by atoms with Gasteiger partial charge in [-0.2, -0.15) is 0 Å². The van der Waals surface area contributed by atoms with Crippen LogP contribution < -0.4 is 4.74 Å². The second kappa shape index (κ2) is 3.77. The van der Waals surface area contributed by atoms with Gasteiger partial charge in [0.25, 0.3) is 0 Å². The van der Waals surface area contributed by atoms with Crippen LogP contribution in [0.2, 0.25) is 0 Å². The number of ether oxygens (including phenoxy) is 1. The van der Waals surface area contributed by atoms with E-state index in [2.05, 4.69) is 0 Å². The number of hydrogen-bond donors (Lipinski definition) is 1. The van der Waals surface area contributed by atoms with Crippen molar-refractivity contribution in [3.8, 4) is 11.5 Å². The average Bonchev–Trinajstić information content (AvgIpc) is 2.03. The highest BCUT2D eigenvalue weighted by molar-refractivity contribution is 14.1. The molecule has 0 aliphatic carbocycles. The number of halogens is 1. The molecule has 5 nitrogen and oxygen atoms in total. The summed E-state index contributed by atoms with van der Waals surface area (Å²) in [4.78, 5) is 9.73. The number of rotatable bonds is 2. The first-order chi connectivity index (χ1) is 6.06. The Morgan fingerprint density at radius 1 is 1.62 bits per heavy atom. The van der Waals surface area contributed by atoms with Gasteiger partial charge in [-0.05, 0) is 22.6 Å². The molecule has 0 aliphatic rings. The highest BCUT2D eigenvalue weighted by Gasteiger charge is 2.16. The number of aromatic hydroxyl groups is 1. The van der Waals surface area contributed by atoms with Crippen molar-refractivity contribution in [2.24, 2.45) is 0 Å². The van der Waals surface area contributed by atoms with Gasteiger partial charge in [-0.25, -0.2) is 0 Å². The molecule has 1 aromatic carbocycles. The van der Waals surface area contributed by atoms with Gasteiger partial charge < -0.3 is 9.84 Å². The van der Waals surface area contributed by atoms with Gasteiger partial charge in [-0.1, -0.05) is 0 Å². The summed E-state index contributed by atoms with van der Waals surface area (Å²) in [6.45, 7) is 0. The topological polar surface area (TPSA) is 72.6 Å². The fourth-order valence-electron chi connectivity index (χ4n) is 0.835. The summed E-state index contributed by atoms with van der Waals surface area (Å²) < 4.78 is 5.50. The Morgan fingerprint density at radius 3 is 2.69 bits per heavy atom. The second-order valence-electron chi connectivity index (χ2n) is 2.23. The van der Waals surface area contributed by atoms with E-state index in [0.29, 0.717) is 9.32 Å². The molecule has 0 radical (unpaired) electrons. The van der Waals surface area contributed by atoms with Crippen LogP contribution in [0.25, 0.3) is 0 Å². The molecule has 1 N–H and O–H groups in total. The first-order valence-electron chi connectivity index (χ1n) is 3.27. The lowest BCUT2D eigenvalue weighted by molar-refractivity contribution is -0.386. The molecule has 70 valence electrons. The van der Waals surface area contributed by atoms with Crippen LogP contribution >= 0.6 is 22.6 Å². The molecule has 0 amide bonds. The van der Waals surface area contributed by atoms with Gasteiger partial charge in [0.1, 0.15) is 5.75 Å². The zero-order valence-corrected chi connectivity index (χ0v) is 8.81. The molecule has 0 saturated carbocycles. The Hall–Kier alpha value is -1.05. The molecule has 0 atom stereocenters. The summed E-state index contributed by atoms with van der Waals surface area (Å²) in [5.41, 5.74) is -0.350. The molecule has 6 heteroatoms. The molecule has 0 spiro atoms. The van der Waals surface area contributed by atoms with Crippen molar-refractivity contribution in [2.75, 3.05) is 7.11 Å². The van der Waals surface area contributed by atoms with E-state index in [1.165, 1.54) is 19.2 Å². The van der Waals surface area contributed by atoms with E-state index in [9.17, 15) is 15.2 Å². The molecule has 0 fully saturated rings. The third kappa shape index (κ3) is 2.00.